The lowest BCUT2D eigenvalue weighted by atomic mass is 10.2. The average molecular weight is 368 g/mol. The first kappa shape index (κ1) is 17.1. The molecule has 1 amide bonds. The van der Waals surface area contributed by atoms with Crippen LogP contribution in [0.2, 0.25) is 0 Å². The Hall–Kier alpha value is -3.33. The first-order chi connectivity index (χ1) is 13.0. The number of halogens is 1. The number of aromatic nitrogens is 5. The van der Waals surface area contributed by atoms with E-state index in [4.69, 9.17) is 0 Å². The maximum Gasteiger partial charge on any atom is 0.255 e. The Bertz CT molecular complexity index is 1160. The van der Waals surface area contributed by atoms with E-state index in [2.05, 4.69) is 25.3 Å². The van der Waals surface area contributed by atoms with Crippen molar-refractivity contribution >= 4 is 22.6 Å². The number of hydrogen-bond donors (Lipinski definition) is 3. The fourth-order valence-electron chi connectivity index (χ4n) is 2.94. The molecule has 4 aromatic heterocycles. The minimum absolute atomic E-state index is 0.0160. The molecule has 8 nitrogen and oxygen atoms in total. The number of rotatable bonds is 4. The molecule has 9 heteroatoms. The summed E-state index contributed by atoms with van der Waals surface area (Å²) in [7, 11) is 0. The van der Waals surface area contributed by atoms with Crippen LogP contribution in [0.4, 0.5) is 4.39 Å². The summed E-state index contributed by atoms with van der Waals surface area (Å²) in [5.41, 5.74) is 2.72. The molecule has 3 N–H and O–H groups in total. The number of aliphatic hydroxyl groups excluding tert-OH is 1. The Morgan fingerprint density at radius 1 is 1.37 bits per heavy atom. The summed E-state index contributed by atoms with van der Waals surface area (Å²) in [5.74, 6) is -0.412. The zero-order chi connectivity index (χ0) is 19.1. The first-order valence-corrected chi connectivity index (χ1v) is 8.40. The Morgan fingerprint density at radius 2 is 2.19 bits per heavy atom. The molecule has 4 heterocycles. The second-order valence-electron chi connectivity index (χ2n) is 6.42. The highest BCUT2D eigenvalue weighted by molar-refractivity contribution is 6.04. The highest BCUT2D eigenvalue weighted by Gasteiger charge is 2.19. The molecule has 0 aliphatic heterocycles. The molecule has 0 saturated carbocycles. The van der Waals surface area contributed by atoms with Gasteiger partial charge in [0.05, 0.1) is 17.3 Å². The Balaban J connectivity index is 1.88. The molecule has 0 atom stereocenters. The van der Waals surface area contributed by atoms with E-state index in [-0.39, 0.29) is 24.4 Å². The largest absolute Gasteiger partial charge is 0.388 e. The minimum Gasteiger partial charge on any atom is -0.388 e. The lowest BCUT2D eigenvalue weighted by Gasteiger charge is -2.07. The molecule has 0 aliphatic rings. The Labute approximate surface area is 153 Å². The molecule has 0 fully saturated rings. The van der Waals surface area contributed by atoms with Gasteiger partial charge in [-0.15, -0.1) is 0 Å². The fraction of sp³-hybridized carbons (Fsp3) is 0.222. The molecule has 0 aromatic carbocycles. The number of imidazole rings is 1. The predicted molar refractivity (Wildman–Crippen MR) is 96.6 cm³/mol. The van der Waals surface area contributed by atoms with Crippen molar-refractivity contribution in [3.05, 3.63) is 47.9 Å². The number of pyridine rings is 1. The summed E-state index contributed by atoms with van der Waals surface area (Å²) in [6, 6.07) is 2.86. The van der Waals surface area contributed by atoms with Gasteiger partial charge in [-0.2, -0.15) is 0 Å². The maximum absolute atomic E-state index is 13.6. The second kappa shape index (κ2) is 6.44. The summed E-state index contributed by atoms with van der Waals surface area (Å²) in [6.07, 6.45) is 4.34. The number of aliphatic hydroxyl groups is 1. The monoisotopic (exact) mass is 368 g/mol. The predicted octanol–water partition coefficient (Wildman–Crippen LogP) is 2.04. The third-order valence-electron chi connectivity index (χ3n) is 4.10. The average Bonchev–Trinajstić information content (AvgIpc) is 3.21. The van der Waals surface area contributed by atoms with Crippen molar-refractivity contribution in [1.82, 2.24) is 29.7 Å². The number of nitrogens with zero attached hydrogens (tertiary/aromatic N) is 4. The van der Waals surface area contributed by atoms with Gasteiger partial charge < -0.3 is 15.4 Å². The number of carbonyl (C=O) groups excluding carboxylic acids is 1. The third-order valence-corrected chi connectivity index (χ3v) is 4.10. The highest BCUT2D eigenvalue weighted by atomic mass is 19.1. The standard InChI is InChI=1S/C18H17FN6O2/c1-9(2)22-18(27)11-5-20-17-15(11)23-12(6-21-17)16-13-4-3-10(19)7-25(13)14(8-26)24-16/h3-7,9,26H,8H2,1-2H3,(H,20,21)(H,22,27). The maximum atomic E-state index is 13.6. The molecular formula is C18H17FN6O2. The Kier molecular flexibility index (Phi) is 4.08. The number of fused-ring (bicyclic) bond motifs is 2. The van der Waals surface area contributed by atoms with E-state index < -0.39 is 5.82 Å². The van der Waals surface area contributed by atoms with Crippen molar-refractivity contribution in [2.24, 2.45) is 0 Å². The lowest BCUT2D eigenvalue weighted by molar-refractivity contribution is 0.0944. The summed E-state index contributed by atoms with van der Waals surface area (Å²) < 4.78 is 15.0. The van der Waals surface area contributed by atoms with E-state index in [0.29, 0.717) is 33.6 Å². The molecule has 0 radical (unpaired) electrons. The minimum atomic E-state index is -0.444. The van der Waals surface area contributed by atoms with Crippen LogP contribution < -0.4 is 5.32 Å². The second-order valence-corrected chi connectivity index (χ2v) is 6.42. The van der Waals surface area contributed by atoms with E-state index in [9.17, 15) is 14.3 Å². The quantitative estimate of drug-likeness (QED) is 0.511. The SMILES string of the molecule is CC(C)NC(=O)c1c[nH]c2ncc(-c3nc(CO)n4cc(F)ccc34)nc12. The van der Waals surface area contributed by atoms with Crippen LogP contribution in [0.25, 0.3) is 28.1 Å². The molecule has 138 valence electrons. The molecule has 0 bridgehead atoms. The first-order valence-electron chi connectivity index (χ1n) is 8.40. The third kappa shape index (κ3) is 2.91. The number of amides is 1. The van der Waals surface area contributed by atoms with Gasteiger partial charge in [0.25, 0.3) is 5.91 Å². The van der Waals surface area contributed by atoms with Crippen LogP contribution in [-0.2, 0) is 6.61 Å². The van der Waals surface area contributed by atoms with Crippen LogP contribution in [0, 0.1) is 5.82 Å². The molecule has 4 rings (SSSR count). The molecule has 27 heavy (non-hydrogen) atoms. The van der Waals surface area contributed by atoms with Crippen molar-refractivity contribution in [2.75, 3.05) is 0 Å². The summed E-state index contributed by atoms with van der Waals surface area (Å²) >= 11 is 0. The van der Waals surface area contributed by atoms with E-state index >= 15 is 0 Å². The number of carbonyl (C=O) groups is 1. The molecule has 4 aromatic rings. The van der Waals surface area contributed by atoms with Gasteiger partial charge >= 0.3 is 0 Å². The van der Waals surface area contributed by atoms with Crippen molar-refractivity contribution in [2.45, 2.75) is 26.5 Å². The molecule has 0 aliphatic carbocycles. The van der Waals surface area contributed by atoms with E-state index in [1.807, 2.05) is 13.8 Å². The highest BCUT2D eigenvalue weighted by Crippen LogP contribution is 2.26. The van der Waals surface area contributed by atoms with Gasteiger partial charge in [0.15, 0.2) is 5.65 Å². The van der Waals surface area contributed by atoms with Crippen LogP contribution in [0.1, 0.15) is 30.0 Å². The van der Waals surface area contributed by atoms with Crippen molar-refractivity contribution in [3.8, 4) is 11.4 Å². The van der Waals surface area contributed by atoms with Gasteiger partial charge in [-0.1, -0.05) is 0 Å². The molecular weight excluding hydrogens is 351 g/mol. The number of H-pyrrole nitrogens is 1. The van der Waals surface area contributed by atoms with Crippen LogP contribution >= 0.6 is 0 Å². The number of hydrogen-bond acceptors (Lipinski definition) is 5. The van der Waals surface area contributed by atoms with Gasteiger partial charge in [-0.05, 0) is 26.0 Å². The smallest absolute Gasteiger partial charge is 0.255 e. The Morgan fingerprint density at radius 3 is 2.93 bits per heavy atom. The van der Waals surface area contributed by atoms with E-state index in [1.54, 1.807) is 12.3 Å². The van der Waals surface area contributed by atoms with Crippen LogP contribution in [0.3, 0.4) is 0 Å². The van der Waals surface area contributed by atoms with Crippen molar-refractivity contribution in [1.29, 1.82) is 0 Å². The molecule has 0 spiro atoms. The van der Waals surface area contributed by atoms with Crippen LogP contribution in [-0.4, -0.2) is 41.4 Å². The number of aromatic amines is 1. The summed E-state index contributed by atoms with van der Waals surface area (Å²) in [5, 5.41) is 12.4. The van der Waals surface area contributed by atoms with Gasteiger partial charge in [-0.3, -0.25) is 9.20 Å². The zero-order valence-electron chi connectivity index (χ0n) is 14.7. The van der Waals surface area contributed by atoms with Crippen molar-refractivity contribution in [3.63, 3.8) is 0 Å². The van der Waals surface area contributed by atoms with Gasteiger partial charge in [0.2, 0.25) is 0 Å². The van der Waals surface area contributed by atoms with E-state index in [0.717, 1.165) is 0 Å². The van der Waals surface area contributed by atoms with Crippen molar-refractivity contribution < 1.29 is 14.3 Å². The zero-order valence-corrected chi connectivity index (χ0v) is 14.7. The normalized spacial score (nSPS) is 11.6. The summed E-state index contributed by atoms with van der Waals surface area (Å²) in [4.78, 5) is 28.5. The van der Waals surface area contributed by atoms with Gasteiger partial charge in [0, 0.05) is 18.4 Å². The molecule has 0 saturated heterocycles. The van der Waals surface area contributed by atoms with Crippen LogP contribution in [0.15, 0.2) is 30.7 Å². The van der Waals surface area contributed by atoms with Gasteiger partial charge in [-0.25, -0.2) is 19.3 Å². The molecule has 0 unspecified atom stereocenters. The topological polar surface area (TPSA) is 108 Å². The fourth-order valence-corrected chi connectivity index (χ4v) is 2.94. The lowest BCUT2D eigenvalue weighted by Crippen LogP contribution is -2.29. The van der Waals surface area contributed by atoms with Gasteiger partial charge in [0.1, 0.15) is 35.2 Å². The summed E-state index contributed by atoms with van der Waals surface area (Å²) in [6.45, 7) is 3.39. The number of nitrogens with one attached hydrogen (secondary N) is 2. The van der Waals surface area contributed by atoms with Crippen LogP contribution in [0.5, 0.6) is 0 Å². The van der Waals surface area contributed by atoms with E-state index in [1.165, 1.54) is 22.9 Å².